The maximum atomic E-state index is 4.46. The highest BCUT2D eigenvalue weighted by Gasteiger charge is 2.05. The molecule has 0 radical (unpaired) electrons. The maximum absolute atomic E-state index is 4.46. The normalized spacial score (nSPS) is 10.8. The average Bonchev–Trinajstić information content (AvgIpc) is 2.79. The molecule has 0 bridgehead atoms. The summed E-state index contributed by atoms with van der Waals surface area (Å²) >= 11 is 0. The van der Waals surface area contributed by atoms with E-state index in [-0.39, 0.29) is 0 Å². The minimum Gasteiger partial charge on any atom is -0.364 e. The van der Waals surface area contributed by atoms with E-state index in [1.165, 1.54) is 11.3 Å². The van der Waals surface area contributed by atoms with Gasteiger partial charge in [0.1, 0.15) is 5.82 Å². The van der Waals surface area contributed by atoms with Gasteiger partial charge in [-0.1, -0.05) is 0 Å². The Labute approximate surface area is 101 Å². The van der Waals surface area contributed by atoms with Crippen LogP contribution in [-0.4, -0.2) is 19.6 Å². The zero-order chi connectivity index (χ0) is 12.4. The molecule has 1 N–H and O–H groups in total. The first-order valence-electron chi connectivity index (χ1n) is 5.87. The highest BCUT2D eigenvalue weighted by atomic mass is 15.3. The third kappa shape index (κ3) is 2.49. The maximum Gasteiger partial charge on any atom is 0.148 e. The van der Waals surface area contributed by atoms with Gasteiger partial charge in [0, 0.05) is 43.7 Å². The lowest BCUT2D eigenvalue weighted by Gasteiger charge is -2.01. The lowest BCUT2D eigenvalue weighted by Crippen LogP contribution is -2.02. The molecule has 5 heteroatoms. The van der Waals surface area contributed by atoms with Crippen molar-refractivity contribution < 1.29 is 0 Å². The van der Waals surface area contributed by atoms with Gasteiger partial charge in [0.25, 0.3) is 0 Å². The fourth-order valence-electron chi connectivity index (χ4n) is 1.92. The van der Waals surface area contributed by atoms with E-state index in [0.717, 1.165) is 24.6 Å². The number of aryl methyl sites for hydroxylation is 4. The lowest BCUT2D eigenvalue weighted by atomic mass is 10.2. The van der Waals surface area contributed by atoms with Crippen molar-refractivity contribution in [2.75, 3.05) is 5.32 Å². The molecule has 0 unspecified atom stereocenters. The molecule has 0 amide bonds. The van der Waals surface area contributed by atoms with Gasteiger partial charge in [0.05, 0.1) is 5.69 Å². The number of nitrogens with one attached hydrogen (secondary N) is 1. The number of nitrogens with zero attached hydrogens (tertiary/aromatic N) is 4. The molecule has 2 aromatic heterocycles. The molecular formula is C12H19N5. The highest BCUT2D eigenvalue weighted by Crippen LogP contribution is 2.11. The largest absolute Gasteiger partial charge is 0.364 e. The second kappa shape index (κ2) is 4.61. The average molecular weight is 233 g/mol. The van der Waals surface area contributed by atoms with Crippen LogP contribution < -0.4 is 5.32 Å². The topological polar surface area (TPSA) is 47.7 Å². The Hall–Kier alpha value is -1.78. The molecule has 0 aliphatic heterocycles. The standard InChI is InChI=1S/C12H19N5/c1-5-17-9(2)6-12(15-17)13-7-11-8-16(4)14-10(11)3/h6,8H,5,7H2,1-4H3,(H,13,15). The van der Waals surface area contributed by atoms with Crippen molar-refractivity contribution >= 4 is 5.82 Å². The summed E-state index contributed by atoms with van der Waals surface area (Å²) in [6.45, 7) is 7.85. The Morgan fingerprint density at radius 2 is 2.06 bits per heavy atom. The molecule has 0 saturated heterocycles. The third-order valence-electron chi connectivity index (χ3n) is 2.86. The van der Waals surface area contributed by atoms with Crippen LogP contribution in [0, 0.1) is 13.8 Å². The SMILES string of the molecule is CCn1nc(NCc2cn(C)nc2C)cc1C. The Balaban J connectivity index is 2.04. The molecule has 17 heavy (non-hydrogen) atoms. The van der Waals surface area contributed by atoms with E-state index in [1.807, 2.05) is 29.5 Å². The summed E-state index contributed by atoms with van der Waals surface area (Å²) in [5.41, 5.74) is 3.45. The van der Waals surface area contributed by atoms with Gasteiger partial charge in [-0.25, -0.2) is 0 Å². The van der Waals surface area contributed by atoms with Gasteiger partial charge in [-0.05, 0) is 20.8 Å². The molecule has 2 rings (SSSR count). The molecule has 2 aromatic rings. The number of hydrogen-bond donors (Lipinski definition) is 1. The van der Waals surface area contributed by atoms with Gasteiger partial charge in [-0.3, -0.25) is 9.36 Å². The number of aromatic nitrogens is 4. The van der Waals surface area contributed by atoms with Gasteiger partial charge in [0.2, 0.25) is 0 Å². The lowest BCUT2D eigenvalue weighted by molar-refractivity contribution is 0.641. The van der Waals surface area contributed by atoms with Crippen molar-refractivity contribution in [3.8, 4) is 0 Å². The van der Waals surface area contributed by atoms with Crippen LogP contribution in [0.4, 0.5) is 5.82 Å². The van der Waals surface area contributed by atoms with Crippen LogP contribution in [0.1, 0.15) is 23.9 Å². The number of hydrogen-bond acceptors (Lipinski definition) is 3. The van der Waals surface area contributed by atoms with E-state index in [9.17, 15) is 0 Å². The second-order valence-corrected chi connectivity index (χ2v) is 4.25. The summed E-state index contributed by atoms with van der Waals surface area (Å²) in [5, 5.41) is 12.1. The van der Waals surface area contributed by atoms with Crippen molar-refractivity contribution in [3.63, 3.8) is 0 Å². The van der Waals surface area contributed by atoms with Crippen molar-refractivity contribution in [2.24, 2.45) is 7.05 Å². The Morgan fingerprint density at radius 3 is 2.59 bits per heavy atom. The second-order valence-electron chi connectivity index (χ2n) is 4.25. The first-order chi connectivity index (χ1) is 8.10. The quantitative estimate of drug-likeness (QED) is 0.877. The van der Waals surface area contributed by atoms with Gasteiger partial charge in [-0.15, -0.1) is 0 Å². The molecular weight excluding hydrogens is 214 g/mol. The molecule has 0 spiro atoms. The fourth-order valence-corrected chi connectivity index (χ4v) is 1.92. The molecule has 5 nitrogen and oxygen atoms in total. The molecule has 0 aliphatic rings. The molecule has 92 valence electrons. The summed E-state index contributed by atoms with van der Waals surface area (Å²) in [4.78, 5) is 0. The highest BCUT2D eigenvalue weighted by molar-refractivity contribution is 5.37. The number of anilines is 1. The smallest absolute Gasteiger partial charge is 0.148 e. The Morgan fingerprint density at radius 1 is 1.29 bits per heavy atom. The van der Waals surface area contributed by atoms with Crippen molar-refractivity contribution in [1.29, 1.82) is 0 Å². The molecule has 0 saturated carbocycles. The molecule has 0 fully saturated rings. The monoisotopic (exact) mass is 233 g/mol. The summed E-state index contributed by atoms with van der Waals surface area (Å²) in [7, 11) is 1.94. The van der Waals surface area contributed by atoms with Gasteiger partial charge in [-0.2, -0.15) is 10.2 Å². The first kappa shape index (κ1) is 11.7. The summed E-state index contributed by atoms with van der Waals surface area (Å²) in [6, 6.07) is 2.06. The van der Waals surface area contributed by atoms with Crippen LogP contribution in [-0.2, 0) is 20.1 Å². The Bertz CT molecular complexity index is 509. The summed E-state index contributed by atoms with van der Waals surface area (Å²) in [6.07, 6.45) is 2.03. The van der Waals surface area contributed by atoms with E-state index in [4.69, 9.17) is 0 Å². The van der Waals surface area contributed by atoms with E-state index >= 15 is 0 Å². The Kier molecular flexibility index (Phi) is 3.17. The molecule has 0 atom stereocenters. The third-order valence-corrected chi connectivity index (χ3v) is 2.86. The number of rotatable bonds is 4. The zero-order valence-corrected chi connectivity index (χ0v) is 10.9. The van der Waals surface area contributed by atoms with Crippen LogP contribution in [0.25, 0.3) is 0 Å². The fraction of sp³-hybridized carbons (Fsp3) is 0.500. The van der Waals surface area contributed by atoms with E-state index in [0.29, 0.717) is 0 Å². The van der Waals surface area contributed by atoms with Crippen LogP contribution in [0.2, 0.25) is 0 Å². The van der Waals surface area contributed by atoms with Crippen LogP contribution in [0.3, 0.4) is 0 Å². The molecule has 0 aromatic carbocycles. The molecule has 0 aliphatic carbocycles. The van der Waals surface area contributed by atoms with Crippen molar-refractivity contribution in [1.82, 2.24) is 19.6 Å². The van der Waals surface area contributed by atoms with E-state index < -0.39 is 0 Å². The summed E-state index contributed by atoms with van der Waals surface area (Å²) in [5.74, 6) is 0.924. The van der Waals surface area contributed by atoms with Crippen LogP contribution in [0.15, 0.2) is 12.3 Å². The zero-order valence-electron chi connectivity index (χ0n) is 10.9. The first-order valence-corrected chi connectivity index (χ1v) is 5.87. The van der Waals surface area contributed by atoms with Gasteiger partial charge >= 0.3 is 0 Å². The molecule has 2 heterocycles. The predicted molar refractivity (Wildman–Crippen MR) is 67.9 cm³/mol. The van der Waals surface area contributed by atoms with Crippen molar-refractivity contribution in [3.05, 3.63) is 29.2 Å². The van der Waals surface area contributed by atoms with E-state index in [2.05, 4.69) is 35.4 Å². The van der Waals surface area contributed by atoms with Gasteiger partial charge in [0.15, 0.2) is 0 Å². The van der Waals surface area contributed by atoms with Crippen LogP contribution >= 0.6 is 0 Å². The summed E-state index contributed by atoms with van der Waals surface area (Å²) < 4.78 is 3.82. The van der Waals surface area contributed by atoms with E-state index in [1.54, 1.807) is 0 Å². The van der Waals surface area contributed by atoms with Crippen LogP contribution in [0.5, 0.6) is 0 Å². The van der Waals surface area contributed by atoms with Gasteiger partial charge < -0.3 is 5.32 Å². The minimum atomic E-state index is 0.764. The van der Waals surface area contributed by atoms with Crippen molar-refractivity contribution in [2.45, 2.75) is 33.9 Å². The minimum absolute atomic E-state index is 0.764. The predicted octanol–water partition coefficient (Wildman–Crippen LogP) is 1.87.